The number of nitrogens with zero attached hydrogens (tertiary/aromatic N) is 1. The van der Waals surface area contributed by atoms with Crippen molar-refractivity contribution < 1.29 is 45.5 Å². The van der Waals surface area contributed by atoms with E-state index in [1.54, 1.807) is 20.8 Å². The van der Waals surface area contributed by atoms with Crippen molar-refractivity contribution in [3.63, 3.8) is 0 Å². The molecular weight excluding hydrogens is 445 g/mol. The molecule has 1 saturated heterocycles. The average Bonchev–Trinajstić information content (AvgIpc) is 3.10. The number of benzene rings is 1. The third-order valence-corrected chi connectivity index (χ3v) is 6.57. The van der Waals surface area contributed by atoms with Crippen LogP contribution in [0.3, 0.4) is 0 Å². The number of hydrogen-bond donors (Lipinski definition) is 0. The van der Waals surface area contributed by atoms with Crippen LogP contribution in [0.5, 0.6) is 0 Å². The third kappa shape index (κ3) is 5.64. The van der Waals surface area contributed by atoms with Gasteiger partial charge in [0, 0.05) is 38.3 Å². The molecule has 1 aliphatic rings. The number of Topliss-reactive ketones (excluding diaryl/α,β-unsaturated/α-hetero) is 1. The summed E-state index contributed by atoms with van der Waals surface area (Å²) in [5.74, 6) is -8.46. The Bertz CT molecular complexity index is 885. The molecule has 0 saturated carbocycles. The molecule has 2 atom stereocenters. The normalized spacial score (nSPS) is 19.6. The second kappa shape index (κ2) is 9.26. The molecule has 1 aromatic carbocycles. The number of carbonyl (C=O) groups excluding carboxylic acids is 2. The lowest BCUT2D eigenvalue weighted by Gasteiger charge is -2.28. The van der Waals surface area contributed by atoms with Crippen LogP contribution in [-0.4, -0.2) is 55.3 Å². The van der Waals surface area contributed by atoms with Gasteiger partial charge in [-0.15, -0.1) is 0 Å². The molecule has 2 unspecified atom stereocenters. The summed E-state index contributed by atoms with van der Waals surface area (Å²) in [4.78, 5) is 26.4. The molecule has 1 amide bonds. The number of rotatable bonds is 6. The van der Waals surface area contributed by atoms with Gasteiger partial charge in [0.1, 0.15) is 11.8 Å². The van der Waals surface area contributed by atoms with Crippen LogP contribution in [0.2, 0.25) is 0 Å². The summed E-state index contributed by atoms with van der Waals surface area (Å²) < 4.78 is 83.1. The summed E-state index contributed by atoms with van der Waals surface area (Å²) in [6.45, 7) is 4.26. The van der Waals surface area contributed by atoms with Gasteiger partial charge >= 0.3 is 13.7 Å². The van der Waals surface area contributed by atoms with E-state index in [4.69, 9.17) is 13.8 Å². The summed E-state index contributed by atoms with van der Waals surface area (Å²) >= 11 is 0. The molecule has 31 heavy (non-hydrogen) atoms. The fourth-order valence-corrected chi connectivity index (χ4v) is 4.32. The second-order valence-corrected chi connectivity index (χ2v) is 10.3. The van der Waals surface area contributed by atoms with E-state index in [2.05, 4.69) is 0 Å². The zero-order valence-corrected chi connectivity index (χ0v) is 18.6. The minimum absolute atomic E-state index is 0.0742. The average molecular weight is 469 g/mol. The number of carbonyl (C=O) groups is 2. The van der Waals surface area contributed by atoms with Crippen molar-refractivity contribution in [2.75, 3.05) is 26.9 Å². The molecule has 0 N–H and O–H groups in total. The molecule has 2 rings (SSSR count). The molecule has 1 fully saturated rings. The first kappa shape index (κ1) is 25.3. The Kier molecular flexibility index (Phi) is 7.55. The van der Waals surface area contributed by atoms with Crippen LogP contribution in [0.25, 0.3) is 0 Å². The molecule has 174 valence electrons. The van der Waals surface area contributed by atoms with Crippen LogP contribution in [0.1, 0.15) is 38.7 Å². The van der Waals surface area contributed by atoms with Crippen molar-refractivity contribution in [3.05, 3.63) is 34.9 Å². The van der Waals surface area contributed by atoms with Gasteiger partial charge in [0.05, 0.1) is 6.04 Å². The third-order valence-electron chi connectivity index (χ3n) is 4.76. The summed E-state index contributed by atoms with van der Waals surface area (Å²) in [5.41, 5.74) is -1.87. The minimum Gasteiger partial charge on any atom is -0.444 e. The van der Waals surface area contributed by atoms with E-state index < -0.39 is 78.6 Å². The molecular formula is C19H24F4NO6P. The monoisotopic (exact) mass is 469 g/mol. The van der Waals surface area contributed by atoms with Crippen molar-refractivity contribution in [1.82, 2.24) is 4.90 Å². The highest BCUT2D eigenvalue weighted by atomic mass is 31.2. The van der Waals surface area contributed by atoms with E-state index in [1.165, 1.54) is 0 Å². The lowest BCUT2D eigenvalue weighted by Crippen LogP contribution is -2.44. The highest BCUT2D eigenvalue weighted by Gasteiger charge is 2.45. The second-order valence-electron chi connectivity index (χ2n) is 8.06. The van der Waals surface area contributed by atoms with Gasteiger partial charge in [-0.1, -0.05) is 0 Å². The lowest BCUT2D eigenvalue weighted by atomic mass is 9.94. The Balaban J connectivity index is 2.44. The van der Waals surface area contributed by atoms with E-state index in [0.717, 1.165) is 19.1 Å². The molecule has 0 aromatic heterocycles. The van der Waals surface area contributed by atoms with Crippen LogP contribution in [0.4, 0.5) is 22.4 Å². The van der Waals surface area contributed by atoms with E-state index >= 15 is 0 Å². The first-order valence-corrected chi connectivity index (χ1v) is 11.0. The molecule has 12 heteroatoms. The van der Waals surface area contributed by atoms with Gasteiger partial charge in [-0.05, 0) is 27.2 Å². The minimum atomic E-state index is -3.81. The molecule has 1 aromatic rings. The number of ketones is 1. The zero-order valence-electron chi connectivity index (χ0n) is 17.7. The van der Waals surface area contributed by atoms with Gasteiger partial charge in [-0.25, -0.2) is 22.4 Å². The number of halogens is 4. The molecule has 0 bridgehead atoms. The maximum Gasteiger partial charge on any atom is 0.410 e. The predicted octanol–water partition coefficient (Wildman–Crippen LogP) is 4.39. The van der Waals surface area contributed by atoms with Crippen molar-refractivity contribution in [3.8, 4) is 0 Å². The zero-order chi connectivity index (χ0) is 23.7. The van der Waals surface area contributed by atoms with Crippen LogP contribution >= 0.6 is 7.60 Å². The molecule has 0 aliphatic carbocycles. The van der Waals surface area contributed by atoms with Gasteiger partial charge in [-0.2, -0.15) is 0 Å². The molecule has 0 spiro atoms. The number of hydrogen-bond acceptors (Lipinski definition) is 6. The van der Waals surface area contributed by atoms with E-state index in [1.807, 2.05) is 0 Å². The van der Waals surface area contributed by atoms with Crippen molar-refractivity contribution >= 4 is 19.5 Å². The smallest absolute Gasteiger partial charge is 0.410 e. The Morgan fingerprint density at radius 1 is 1.10 bits per heavy atom. The Morgan fingerprint density at radius 2 is 1.61 bits per heavy atom. The van der Waals surface area contributed by atoms with Crippen molar-refractivity contribution in [1.29, 1.82) is 0 Å². The fourth-order valence-electron chi connectivity index (χ4n) is 3.32. The summed E-state index contributed by atoms with van der Waals surface area (Å²) in [6.07, 6.45) is -2.07. The van der Waals surface area contributed by atoms with Crippen molar-refractivity contribution in [2.45, 2.75) is 44.8 Å². The first-order valence-electron chi connectivity index (χ1n) is 9.28. The van der Waals surface area contributed by atoms with Crippen LogP contribution < -0.4 is 0 Å². The summed E-state index contributed by atoms with van der Waals surface area (Å²) in [6, 6.07) is -1.26. The largest absolute Gasteiger partial charge is 0.444 e. The maximum absolute atomic E-state index is 14.3. The van der Waals surface area contributed by atoms with E-state index in [0.29, 0.717) is 0 Å². The maximum atomic E-state index is 14.3. The first-order chi connectivity index (χ1) is 14.2. The number of ether oxygens (including phenoxy) is 1. The van der Waals surface area contributed by atoms with Gasteiger partial charge in [0.2, 0.25) is 0 Å². The summed E-state index contributed by atoms with van der Waals surface area (Å²) in [7, 11) is -1.67. The summed E-state index contributed by atoms with van der Waals surface area (Å²) in [5, 5.41) is 0. The lowest BCUT2D eigenvalue weighted by molar-refractivity contribution is -0.121. The molecule has 0 radical (unpaired) electrons. The van der Waals surface area contributed by atoms with Gasteiger partial charge in [-0.3, -0.25) is 14.3 Å². The fraction of sp³-hybridized carbons (Fsp3) is 0.579. The van der Waals surface area contributed by atoms with Gasteiger partial charge in [0.15, 0.2) is 29.1 Å². The Hall–Kier alpha value is -1.97. The molecule has 1 heterocycles. The Labute approximate surface area is 177 Å². The topological polar surface area (TPSA) is 82.1 Å². The predicted molar refractivity (Wildman–Crippen MR) is 102 cm³/mol. The molecule has 7 nitrogen and oxygen atoms in total. The van der Waals surface area contributed by atoms with Crippen LogP contribution in [-0.2, 0) is 23.1 Å². The van der Waals surface area contributed by atoms with E-state index in [-0.39, 0.29) is 12.5 Å². The number of likely N-dealkylation sites (tertiary alicyclic amines) is 1. The Morgan fingerprint density at radius 3 is 2.06 bits per heavy atom. The van der Waals surface area contributed by atoms with E-state index in [9.17, 15) is 31.7 Å². The standard InChI is InChI=1S/C19H24F4NO6P/c1-19(2,3)30-18(26)24-8-10(15-16(22)11(20)7-12(21)17(15)23)6-13(24)14(25)9-31(27,28-4)29-5/h7,10,13H,6,8-9H2,1-5H3. The van der Waals surface area contributed by atoms with Crippen LogP contribution in [0.15, 0.2) is 6.07 Å². The van der Waals surface area contributed by atoms with Gasteiger partial charge < -0.3 is 13.8 Å². The number of amides is 1. The SMILES string of the molecule is COP(=O)(CC(=O)C1CC(c2c(F)c(F)cc(F)c2F)CN1C(=O)OC(C)(C)C)OC. The van der Waals surface area contributed by atoms with Crippen LogP contribution in [0, 0.1) is 23.3 Å². The van der Waals surface area contributed by atoms with Crippen molar-refractivity contribution in [2.24, 2.45) is 0 Å². The molecule has 1 aliphatic heterocycles. The highest BCUT2D eigenvalue weighted by Crippen LogP contribution is 2.47. The quantitative estimate of drug-likeness (QED) is 0.349. The van der Waals surface area contributed by atoms with Gasteiger partial charge in [0.25, 0.3) is 0 Å². The highest BCUT2D eigenvalue weighted by molar-refractivity contribution is 7.54.